The number of aromatic nitrogens is 2. The minimum atomic E-state index is -1.01. The van der Waals surface area contributed by atoms with E-state index < -0.39 is 5.97 Å². The number of imidazole rings is 1. The van der Waals surface area contributed by atoms with Crippen LogP contribution in [0.15, 0.2) is 6.20 Å². The van der Waals surface area contributed by atoms with Crippen LogP contribution in [0.5, 0.6) is 0 Å². The van der Waals surface area contributed by atoms with Crippen molar-refractivity contribution in [3.63, 3.8) is 0 Å². The Bertz CT molecular complexity index is 331. The maximum Gasteiger partial charge on any atom is 0.371 e. The molecule has 1 heterocycles. The zero-order valence-corrected chi connectivity index (χ0v) is 7.79. The van der Waals surface area contributed by atoms with Gasteiger partial charge in [0.1, 0.15) is 0 Å². The van der Waals surface area contributed by atoms with Gasteiger partial charge in [0.25, 0.3) is 0 Å². The van der Waals surface area contributed by atoms with Crippen LogP contribution in [0, 0.1) is 0 Å². The summed E-state index contributed by atoms with van der Waals surface area (Å²) in [5.41, 5.74) is 0.828. The van der Waals surface area contributed by atoms with Gasteiger partial charge in [-0.25, -0.2) is 9.78 Å². The number of hydrogen-bond acceptors (Lipinski definition) is 3. The molecule has 76 valence electrons. The maximum atomic E-state index is 10.5. The van der Waals surface area contributed by atoms with Crippen LogP contribution in [0.2, 0.25) is 0 Å². The number of carbonyl (C=O) groups is 1. The lowest BCUT2D eigenvalue weighted by molar-refractivity contribution is 0.0684. The summed E-state index contributed by atoms with van der Waals surface area (Å²) < 4.78 is 0. The zero-order chi connectivity index (χ0) is 9.97. The molecule has 0 aliphatic heterocycles. The number of nitrogens with one attached hydrogen (secondary N) is 2. The van der Waals surface area contributed by atoms with Crippen molar-refractivity contribution in [3.8, 4) is 0 Å². The molecule has 0 bridgehead atoms. The fraction of sp³-hybridized carbons (Fsp3) is 0.556. The van der Waals surface area contributed by atoms with Gasteiger partial charge < -0.3 is 15.4 Å². The summed E-state index contributed by atoms with van der Waals surface area (Å²) in [7, 11) is 0. The molecule has 0 saturated heterocycles. The molecule has 0 radical (unpaired) electrons. The summed E-state index contributed by atoms with van der Waals surface area (Å²) in [6.45, 7) is 0.672. The third-order valence-corrected chi connectivity index (χ3v) is 2.52. The van der Waals surface area contributed by atoms with Gasteiger partial charge in [-0.3, -0.25) is 0 Å². The summed E-state index contributed by atoms with van der Waals surface area (Å²) in [5.74, 6) is -1.00. The first-order valence-electron chi connectivity index (χ1n) is 4.76. The predicted molar refractivity (Wildman–Crippen MR) is 50.0 cm³/mol. The molecule has 1 aliphatic rings. The normalized spacial score (nSPS) is 16.6. The highest BCUT2D eigenvalue weighted by molar-refractivity contribution is 5.83. The Labute approximate surface area is 81.5 Å². The Morgan fingerprint density at radius 1 is 1.71 bits per heavy atom. The van der Waals surface area contributed by atoms with Crippen molar-refractivity contribution in [1.29, 1.82) is 0 Å². The van der Waals surface area contributed by atoms with Crippen LogP contribution < -0.4 is 5.32 Å². The highest BCUT2D eigenvalue weighted by atomic mass is 16.4. The summed E-state index contributed by atoms with van der Waals surface area (Å²) in [4.78, 5) is 17.0. The molecule has 2 rings (SSSR count). The molecule has 1 saturated carbocycles. The van der Waals surface area contributed by atoms with E-state index in [2.05, 4.69) is 15.3 Å². The van der Waals surface area contributed by atoms with E-state index in [1.54, 1.807) is 6.20 Å². The van der Waals surface area contributed by atoms with Gasteiger partial charge in [-0.15, -0.1) is 0 Å². The predicted octanol–water partition coefficient (Wildman–Crippen LogP) is 0.750. The summed E-state index contributed by atoms with van der Waals surface area (Å²) in [6.07, 6.45) is 5.30. The van der Waals surface area contributed by atoms with E-state index in [0.29, 0.717) is 12.6 Å². The molecule has 0 amide bonds. The largest absolute Gasteiger partial charge is 0.475 e. The third kappa shape index (κ3) is 1.93. The summed E-state index contributed by atoms with van der Waals surface area (Å²) in [5, 5.41) is 11.9. The van der Waals surface area contributed by atoms with Crippen molar-refractivity contribution < 1.29 is 9.90 Å². The highest BCUT2D eigenvalue weighted by Crippen LogP contribution is 2.18. The van der Waals surface area contributed by atoms with E-state index in [9.17, 15) is 4.79 Å². The van der Waals surface area contributed by atoms with Gasteiger partial charge in [-0.1, -0.05) is 6.42 Å². The first kappa shape index (κ1) is 9.21. The van der Waals surface area contributed by atoms with Crippen LogP contribution in [-0.2, 0) is 6.54 Å². The van der Waals surface area contributed by atoms with Crippen molar-refractivity contribution in [2.24, 2.45) is 0 Å². The summed E-state index contributed by atoms with van der Waals surface area (Å²) in [6, 6.07) is 0.603. The number of carboxylic acid groups (broad SMARTS) is 1. The quantitative estimate of drug-likeness (QED) is 0.662. The van der Waals surface area contributed by atoms with Crippen molar-refractivity contribution >= 4 is 5.97 Å². The fourth-order valence-electron chi connectivity index (χ4n) is 1.42. The Morgan fingerprint density at radius 3 is 3.00 bits per heavy atom. The van der Waals surface area contributed by atoms with Gasteiger partial charge >= 0.3 is 5.97 Å². The molecule has 0 atom stereocenters. The minimum absolute atomic E-state index is 0.00964. The standard InChI is InChI=1S/C9H13N3O2/c13-9(14)8-11-5-7(12-8)4-10-6-2-1-3-6/h5-6,10H,1-4H2,(H,11,12)(H,13,14). The first-order chi connectivity index (χ1) is 6.75. The molecule has 0 unspecified atom stereocenters. The SMILES string of the molecule is O=C(O)c1ncc(CNC2CCC2)[nH]1. The Balaban J connectivity index is 1.86. The van der Waals surface area contributed by atoms with Crippen LogP contribution in [-0.4, -0.2) is 27.1 Å². The molecule has 0 spiro atoms. The van der Waals surface area contributed by atoms with E-state index in [1.165, 1.54) is 19.3 Å². The third-order valence-electron chi connectivity index (χ3n) is 2.52. The Morgan fingerprint density at radius 2 is 2.50 bits per heavy atom. The molecular formula is C9H13N3O2. The second kappa shape index (κ2) is 3.79. The minimum Gasteiger partial charge on any atom is -0.475 e. The molecule has 1 aromatic heterocycles. The van der Waals surface area contributed by atoms with E-state index in [0.717, 1.165) is 5.69 Å². The molecule has 1 fully saturated rings. The van der Waals surface area contributed by atoms with Gasteiger partial charge in [0.2, 0.25) is 5.82 Å². The number of aromatic amines is 1. The number of H-pyrrole nitrogens is 1. The molecule has 5 nitrogen and oxygen atoms in total. The average Bonchev–Trinajstić information content (AvgIpc) is 2.50. The number of carboxylic acids is 1. The van der Waals surface area contributed by atoms with Crippen molar-refractivity contribution in [1.82, 2.24) is 15.3 Å². The topological polar surface area (TPSA) is 78.0 Å². The first-order valence-corrected chi connectivity index (χ1v) is 4.76. The second-order valence-electron chi connectivity index (χ2n) is 3.57. The number of aromatic carboxylic acids is 1. The summed E-state index contributed by atoms with van der Waals surface area (Å²) >= 11 is 0. The maximum absolute atomic E-state index is 10.5. The molecule has 3 N–H and O–H groups in total. The second-order valence-corrected chi connectivity index (χ2v) is 3.57. The number of nitrogens with zero attached hydrogens (tertiary/aromatic N) is 1. The van der Waals surface area contributed by atoms with Crippen LogP contribution in [0.25, 0.3) is 0 Å². The van der Waals surface area contributed by atoms with E-state index in [1.807, 2.05) is 0 Å². The van der Waals surface area contributed by atoms with E-state index >= 15 is 0 Å². The molecule has 5 heteroatoms. The molecular weight excluding hydrogens is 182 g/mol. The van der Waals surface area contributed by atoms with Crippen molar-refractivity contribution in [2.45, 2.75) is 31.8 Å². The van der Waals surface area contributed by atoms with Crippen LogP contribution >= 0.6 is 0 Å². The van der Waals surface area contributed by atoms with E-state index in [4.69, 9.17) is 5.11 Å². The average molecular weight is 195 g/mol. The lowest BCUT2D eigenvalue weighted by Crippen LogP contribution is -2.34. The highest BCUT2D eigenvalue weighted by Gasteiger charge is 2.16. The fourth-order valence-corrected chi connectivity index (χ4v) is 1.42. The molecule has 1 aromatic rings. The Hall–Kier alpha value is -1.36. The molecule has 1 aliphatic carbocycles. The van der Waals surface area contributed by atoms with Gasteiger partial charge in [-0.2, -0.15) is 0 Å². The van der Waals surface area contributed by atoms with Gasteiger partial charge in [-0.05, 0) is 12.8 Å². The van der Waals surface area contributed by atoms with Crippen LogP contribution in [0.4, 0.5) is 0 Å². The molecule has 14 heavy (non-hydrogen) atoms. The monoisotopic (exact) mass is 195 g/mol. The Kier molecular flexibility index (Phi) is 2.49. The lowest BCUT2D eigenvalue weighted by Gasteiger charge is -2.26. The zero-order valence-electron chi connectivity index (χ0n) is 7.79. The smallest absolute Gasteiger partial charge is 0.371 e. The van der Waals surface area contributed by atoms with Crippen LogP contribution in [0.1, 0.15) is 35.6 Å². The van der Waals surface area contributed by atoms with Crippen molar-refractivity contribution in [3.05, 3.63) is 17.7 Å². The van der Waals surface area contributed by atoms with Gasteiger partial charge in [0, 0.05) is 18.3 Å². The van der Waals surface area contributed by atoms with E-state index in [-0.39, 0.29) is 5.82 Å². The van der Waals surface area contributed by atoms with Gasteiger partial charge in [0.15, 0.2) is 0 Å². The van der Waals surface area contributed by atoms with Crippen molar-refractivity contribution in [2.75, 3.05) is 0 Å². The number of rotatable bonds is 4. The number of hydrogen-bond donors (Lipinski definition) is 3. The molecule has 0 aromatic carbocycles. The van der Waals surface area contributed by atoms with Gasteiger partial charge in [0.05, 0.1) is 6.20 Å². The lowest BCUT2D eigenvalue weighted by atomic mass is 9.93. The van der Waals surface area contributed by atoms with Crippen LogP contribution in [0.3, 0.4) is 0 Å².